The minimum Gasteiger partial charge on any atom is -0.480 e. The summed E-state index contributed by atoms with van der Waals surface area (Å²) in [5.41, 5.74) is 2.55. The zero-order valence-electron chi connectivity index (χ0n) is 21.2. The fourth-order valence-electron chi connectivity index (χ4n) is 3.02. The molecule has 31 heavy (non-hydrogen) atoms. The molecule has 166 valence electrons. The zero-order valence-corrected chi connectivity index (χ0v) is 17.0. The van der Waals surface area contributed by atoms with Gasteiger partial charge in [-0.1, -0.05) is 0 Å². The maximum atomic E-state index is 14.8. The van der Waals surface area contributed by atoms with Crippen molar-refractivity contribution in [1.29, 1.82) is 0 Å². The molecule has 3 N–H and O–H groups in total. The number of sulfonamides is 1. The molecule has 1 amide bonds. The summed E-state index contributed by atoms with van der Waals surface area (Å²) in [7, 11) is -7.24. The molecule has 0 fully saturated rings. The van der Waals surface area contributed by atoms with Crippen LogP contribution in [0.1, 0.15) is 36.8 Å². The number of aromatic nitrogens is 2. The van der Waals surface area contributed by atoms with Crippen LogP contribution in [0.2, 0.25) is 0 Å². The maximum Gasteiger partial charge on any atom is 0.275 e. The lowest BCUT2D eigenvalue weighted by Gasteiger charge is -2.36. The fourth-order valence-corrected chi connectivity index (χ4v) is 4.68. The van der Waals surface area contributed by atoms with Gasteiger partial charge in [0.25, 0.3) is 5.91 Å². The second-order valence-corrected chi connectivity index (χ2v) is 8.42. The Morgan fingerprint density at radius 2 is 2.16 bits per heavy atom. The lowest BCUT2D eigenvalue weighted by atomic mass is 9.93. The van der Waals surface area contributed by atoms with Crippen LogP contribution < -0.4 is 15.8 Å². The molecule has 3 rings (SSSR count). The normalized spacial score (nSPS) is 23.4. The number of ether oxygens (including phenoxy) is 1. The molecule has 0 aliphatic carbocycles. The quantitative estimate of drug-likeness (QED) is 0.685. The molecule has 0 unspecified atom stereocenters. The van der Waals surface area contributed by atoms with E-state index in [2.05, 4.69) is 25.0 Å². The number of hydrogen-bond acceptors (Lipinski definition) is 8. The van der Waals surface area contributed by atoms with Gasteiger partial charge in [-0.2, -0.15) is 0 Å². The number of nitrogens with zero attached hydrogens (tertiary/aromatic N) is 4. The van der Waals surface area contributed by atoms with Crippen LogP contribution in [0.25, 0.3) is 0 Å². The summed E-state index contributed by atoms with van der Waals surface area (Å²) in [5, 5.41) is 2.26. The van der Waals surface area contributed by atoms with Gasteiger partial charge in [-0.25, -0.2) is 36.5 Å². The van der Waals surface area contributed by atoms with Crippen LogP contribution in [0, 0.1) is 11.6 Å². The van der Waals surface area contributed by atoms with Gasteiger partial charge in [-0.3, -0.25) is 4.79 Å². The fraction of sp³-hybridized carbons (Fsp3) is 0.333. The van der Waals surface area contributed by atoms with E-state index in [-0.39, 0.29) is 21.6 Å². The SMILES string of the molecule is [2H]C([2H])([2H])Oc1cnc(C(=O)Nc2cc(F)c(F)c([C@]3(C)CS(=O)(=O)N(C([2H])([2H])C)C(N)=N3)c2)cn1. The zero-order chi connectivity index (χ0) is 27.3. The number of nitrogens with two attached hydrogens (primary N) is 1. The molecular weight excluding hydrogens is 434 g/mol. The Labute approximate surface area is 184 Å². The molecule has 1 aliphatic heterocycles. The van der Waals surface area contributed by atoms with E-state index < -0.39 is 63.9 Å². The largest absolute Gasteiger partial charge is 0.480 e. The molecule has 2 heterocycles. The van der Waals surface area contributed by atoms with Crippen molar-refractivity contribution >= 4 is 27.6 Å². The van der Waals surface area contributed by atoms with Crippen molar-refractivity contribution in [3.05, 3.63) is 47.4 Å². The Morgan fingerprint density at radius 3 is 2.74 bits per heavy atom. The molecule has 10 nitrogen and oxygen atoms in total. The Balaban J connectivity index is 1.95. The van der Waals surface area contributed by atoms with Gasteiger partial charge in [0.05, 0.1) is 32.0 Å². The highest BCUT2D eigenvalue weighted by atomic mass is 32.2. The highest BCUT2D eigenvalue weighted by Crippen LogP contribution is 2.36. The third-order valence-electron chi connectivity index (χ3n) is 4.35. The first-order chi connectivity index (χ1) is 16.3. The number of aliphatic imine (C=N–C) groups is 1. The van der Waals surface area contributed by atoms with Gasteiger partial charge in [0.2, 0.25) is 21.9 Å². The first-order valence-corrected chi connectivity index (χ1v) is 10.1. The van der Waals surface area contributed by atoms with Crippen molar-refractivity contribution in [2.75, 3.05) is 24.6 Å². The van der Waals surface area contributed by atoms with Gasteiger partial charge >= 0.3 is 0 Å². The van der Waals surface area contributed by atoms with Crippen molar-refractivity contribution in [3.8, 4) is 5.88 Å². The topological polar surface area (TPSA) is 140 Å². The number of methoxy groups -OCH3 is 1. The van der Waals surface area contributed by atoms with Crippen LogP contribution in [0.4, 0.5) is 14.5 Å². The number of benzene rings is 1. The number of carbonyl (C=O) groups is 1. The predicted molar refractivity (Wildman–Crippen MR) is 108 cm³/mol. The van der Waals surface area contributed by atoms with Gasteiger partial charge in [-0.15, -0.1) is 0 Å². The maximum absolute atomic E-state index is 14.8. The molecular formula is C18H20F2N6O4S. The number of carbonyl (C=O) groups excluding carboxylic acids is 1. The smallest absolute Gasteiger partial charge is 0.275 e. The lowest BCUT2D eigenvalue weighted by Crippen LogP contribution is -2.52. The van der Waals surface area contributed by atoms with Crippen LogP contribution in [0.3, 0.4) is 0 Å². The van der Waals surface area contributed by atoms with Crippen LogP contribution in [0.15, 0.2) is 29.5 Å². The number of rotatable bonds is 5. The highest BCUT2D eigenvalue weighted by molar-refractivity contribution is 7.89. The lowest BCUT2D eigenvalue weighted by molar-refractivity contribution is 0.102. The average Bonchev–Trinajstić information content (AvgIpc) is 2.67. The first kappa shape index (κ1) is 16.4. The molecule has 1 aromatic carbocycles. The van der Waals surface area contributed by atoms with E-state index >= 15 is 0 Å². The third-order valence-corrected chi connectivity index (χ3v) is 6.20. The summed E-state index contributed by atoms with van der Waals surface area (Å²) in [4.78, 5) is 23.8. The standard InChI is InChI=1S/C18H20F2N6O4S/c1-4-26-17(21)25-18(2,9-31(26,28)29)11-5-10(6-12(19)15(11)20)24-16(27)13-7-23-14(30-3)8-22-13/h5-8H,4,9H2,1-3H3,(H2,21,25)(H,24,27)/t18-/m0/s1/i3D3,4D2. The summed E-state index contributed by atoms with van der Waals surface area (Å²) in [6.07, 6.45) is 1.77. The molecule has 1 atom stereocenters. The summed E-state index contributed by atoms with van der Waals surface area (Å²) in [6, 6.07) is 1.60. The van der Waals surface area contributed by atoms with E-state index in [9.17, 15) is 22.0 Å². The van der Waals surface area contributed by atoms with E-state index in [0.29, 0.717) is 6.07 Å². The van der Waals surface area contributed by atoms with Crippen molar-refractivity contribution in [1.82, 2.24) is 14.3 Å². The van der Waals surface area contributed by atoms with Gasteiger partial charge in [0, 0.05) is 23.8 Å². The number of amides is 1. The van der Waals surface area contributed by atoms with E-state index in [0.717, 1.165) is 25.4 Å². The summed E-state index contributed by atoms with van der Waals surface area (Å²) in [5.74, 6) is -5.90. The monoisotopic (exact) mass is 459 g/mol. The third kappa shape index (κ3) is 4.26. The Kier molecular flexibility index (Phi) is 4.25. The van der Waals surface area contributed by atoms with Gasteiger partial charge in [-0.05, 0) is 19.9 Å². The molecule has 1 aromatic heterocycles. The van der Waals surface area contributed by atoms with Crippen LogP contribution in [-0.2, 0) is 15.6 Å². The summed E-state index contributed by atoms with van der Waals surface area (Å²) in [6.45, 7) is -0.340. The summed E-state index contributed by atoms with van der Waals surface area (Å²) < 4.78 is 96.0. The second kappa shape index (κ2) is 8.06. The predicted octanol–water partition coefficient (Wildman–Crippen LogP) is 1.21. The minimum atomic E-state index is -4.46. The molecule has 2 aromatic rings. The Morgan fingerprint density at radius 1 is 1.42 bits per heavy atom. The highest BCUT2D eigenvalue weighted by Gasteiger charge is 2.43. The van der Waals surface area contributed by atoms with Crippen LogP contribution in [0.5, 0.6) is 5.88 Å². The molecule has 0 bridgehead atoms. The van der Waals surface area contributed by atoms with Gasteiger partial charge in [0.15, 0.2) is 11.6 Å². The number of anilines is 1. The minimum absolute atomic E-state index is 0.250. The Bertz CT molecular complexity index is 1340. The van der Waals surface area contributed by atoms with E-state index in [1.54, 1.807) is 0 Å². The number of guanidine groups is 1. The molecule has 0 saturated carbocycles. The van der Waals surface area contributed by atoms with Crippen molar-refractivity contribution < 1.29 is 33.6 Å². The van der Waals surface area contributed by atoms with Crippen molar-refractivity contribution in [3.63, 3.8) is 0 Å². The molecule has 1 aliphatic rings. The summed E-state index contributed by atoms with van der Waals surface area (Å²) >= 11 is 0. The van der Waals surface area contributed by atoms with Gasteiger partial charge in [0.1, 0.15) is 11.2 Å². The Hall–Kier alpha value is -3.35. The average molecular weight is 459 g/mol. The van der Waals surface area contributed by atoms with Gasteiger partial charge < -0.3 is 15.8 Å². The van der Waals surface area contributed by atoms with Crippen molar-refractivity contribution in [2.45, 2.75) is 19.4 Å². The first-order valence-electron chi connectivity index (χ1n) is 11.0. The molecule has 0 spiro atoms. The second-order valence-electron chi connectivity index (χ2n) is 6.60. The van der Waals surface area contributed by atoms with Crippen molar-refractivity contribution in [2.24, 2.45) is 10.7 Å². The van der Waals surface area contributed by atoms with E-state index in [1.165, 1.54) is 6.92 Å². The molecule has 0 radical (unpaired) electrons. The van der Waals surface area contributed by atoms with E-state index in [1.807, 2.05) is 0 Å². The van der Waals surface area contributed by atoms with Crippen LogP contribution in [-0.4, -0.2) is 53.8 Å². The van der Waals surface area contributed by atoms with Crippen LogP contribution >= 0.6 is 0 Å². The number of hydrogen-bond donors (Lipinski definition) is 2. The molecule has 13 heteroatoms. The number of nitrogens with one attached hydrogen (secondary N) is 1. The number of halogens is 2. The molecule has 0 saturated heterocycles. The van der Waals surface area contributed by atoms with E-state index in [4.69, 9.17) is 12.6 Å².